The number of halogens is 1. The molecule has 0 radical (unpaired) electrons. The van der Waals surface area contributed by atoms with Gasteiger partial charge in [0.2, 0.25) is 5.69 Å². The second-order valence-electron chi connectivity index (χ2n) is 7.67. The van der Waals surface area contributed by atoms with Gasteiger partial charge in [-0.2, -0.15) is 0 Å². The van der Waals surface area contributed by atoms with Crippen LogP contribution in [0.4, 0.5) is 15.8 Å². The van der Waals surface area contributed by atoms with E-state index in [4.69, 9.17) is 6.57 Å². The lowest BCUT2D eigenvalue weighted by molar-refractivity contribution is 0.0695. The van der Waals surface area contributed by atoms with Gasteiger partial charge in [-0.05, 0) is 86.4 Å². The first-order valence-electron chi connectivity index (χ1n) is 9.56. The summed E-state index contributed by atoms with van der Waals surface area (Å²) in [6, 6.07) is 6.36. The van der Waals surface area contributed by atoms with Crippen LogP contribution in [-0.2, 0) is 6.42 Å². The summed E-state index contributed by atoms with van der Waals surface area (Å²) < 4.78 is 13.4. The van der Waals surface area contributed by atoms with Crippen molar-refractivity contribution in [3.8, 4) is 0 Å². The highest BCUT2D eigenvalue weighted by Crippen LogP contribution is 2.34. The van der Waals surface area contributed by atoms with Crippen molar-refractivity contribution in [2.75, 3.05) is 18.0 Å². The average molecular weight is 380 g/mol. The Hall–Kier alpha value is -2.87. The minimum absolute atomic E-state index is 0.356. The average Bonchev–Trinajstić information content (AvgIpc) is 2.65. The molecule has 5 heteroatoms. The Labute approximate surface area is 165 Å². The van der Waals surface area contributed by atoms with E-state index >= 15 is 0 Å². The van der Waals surface area contributed by atoms with Crippen LogP contribution in [0, 0.1) is 39.1 Å². The first-order valence-corrected chi connectivity index (χ1v) is 9.56. The molecule has 2 aromatic carbocycles. The fraction of sp³-hybridized carbons (Fsp3) is 0.391. The summed E-state index contributed by atoms with van der Waals surface area (Å²) in [6.45, 7) is 14.7. The summed E-state index contributed by atoms with van der Waals surface area (Å²) in [7, 11) is 0. The highest BCUT2D eigenvalue weighted by Gasteiger charge is 2.24. The molecule has 1 aliphatic rings. The monoisotopic (exact) mass is 380 g/mol. The Morgan fingerprint density at radius 3 is 2.50 bits per heavy atom. The summed E-state index contributed by atoms with van der Waals surface area (Å²) in [5.41, 5.74) is 5.55. The maximum Gasteiger partial charge on any atom is 0.336 e. The number of hydrogen-bond donors (Lipinski definition) is 1. The van der Waals surface area contributed by atoms with Crippen LogP contribution < -0.4 is 4.90 Å². The zero-order chi connectivity index (χ0) is 20.4. The molecule has 28 heavy (non-hydrogen) atoms. The molecule has 0 saturated carbocycles. The van der Waals surface area contributed by atoms with Crippen LogP contribution in [0.1, 0.15) is 45.5 Å². The third-order valence-electron chi connectivity index (χ3n) is 5.85. The summed E-state index contributed by atoms with van der Waals surface area (Å²) in [4.78, 5) is 17.2. The standard InChI is InChI=1S/C23H25FN2O2/c1-14-11-15(2)22(23(27)28)16(3)19(14)12-17-7-9-26(10-8-17)21-6-5-18(24)13-20(21)25-4/h5-6,11,13,17H,7-10,12H2,1-3H3,(H,27,28). The minimum Gasteiger partial charge on any atom is -0.478 e. The zero-order valence-corrected chi connectivity index (χ0v) is 16.6. The van der Waals surface area contributed by atoms with Gasteiger partial charge in [-0.1, -0.05) is 6.07 Å². The third-order valence-corrected chi connectivity index (χ3v) is 5.85. The molecule has 0 unspecified atom stereocenters. The van der Waals surface area contributed by atoms with E-state index < -0.39 is 5.97 Å². The van der Waals surface area contributed by atoms with Gasteiger partial charge in [-0.15, -0.1) is 0 Å². The Balaban J connectivity index is 1.75. The van der Waals surface area contributed by atoms with Crippen molar-refractivity contribution < 1.29 is 14.3 Å². The number of rotatable bonds is 4. The molecule has 146 valence electrons. The van der Waals surface area contributed by atoms with Crippen molar-refractivity contribution in [1.29, 1.82) is 0 Å². The maximum atomic E-state index is 13.4. The second-order valence-corrected chi connectivity index (χ2v) is 7.67. The van der Waals surface area contributed by atoms with Gasteiger partial charge in [0, 0.05) is 18.8 Å². The van der Waals surface area contributed by atoms with Crippen molar-refractivity contribution in [3.63, 3.8) is 0 Å². The first kappa shape index (κ1) is 19.9. The number of benzene rings is 2. The van der Waals surface area contributed by atoms with Gasteiger partial charge in [0.05, 0.1) is 12.1 Å². The van der Waals surface area contributed by atoms with Crippen molar-refractivity contribution in [1.82, 2.24) is 0 Å². The quantitative estimate of drug-likeness (QED) is 0.717. The van der Waals surface area contributed by atoms with Crippen molar-refractivity contribution >= 4 is 17.3 Å². The van der Waals surface area contributed by atoms with Crippen LogP contribution in [0.25, 0.3) is 4.85 Å². The number of anilines is 1. The van der Waals surface area contributed by atoms with E-state index in [-0.39, 0.29) is 5.82 Å². The molecule has 0 atom stereocenters. The van der Waals surface area contributed by atoms with Gasteiger partial charge in [0.25, 0.3) is 0 Å². The molecule has 0 amide bonds. The first-order chi connectivity index (χ1) is 13.3. The van der Waals surface area contributed by atoms with E-state index in [1.165, 1.54) is 12.1 Å². The molecule has 0 aliphatic carbocycles. The number of piperidine rings is 1. The third kappa shape index (κ3) is 3.87. The Bertz CT molecular complexity index is 954. The molecule has 2 aromatic rings. The lowest BCUT2D eigenvalue weighted by atomic mass is 9.84. The van der Waals surface area contributed by atoms with E-state index in [1.807, 2.05) is 19.9 Å². The van der Waals surface area contributed by atoms with Gasteiger partial charge in [-0.3, -0.25) is 0 Å². The molecule has 1 N–H and O–H groups in total. The normalized spacial score (nSPS) is 14.8. The van der Waals surface area contributed by atoms with Gasteiger partial charge in [0.1, 0.15) is 5.82 Å². The van der Waals surface area contributed by atoms with Crippen molar-refractivity contribution in [2.24, 2.45) is 5.92 Å². The second kappa shape index (κ2) is 8.02. The van der Waals surface area contributed by atoms with Gasteiger partial charge >= 0.3 is 5.97 Å². The minimum atomic E-state index is -0.867. The Morgan fingerprint density at radius 2 is 1.89 bits per heavy atom. The van der Waals surface area contributed by atoms with Crippen LogP contribution in [-0.4, -0.2) is 24.2 Å². The predicted octanol–water partition coefficient (Wildman–Crippen LogP) is 5.46. The van der Waals surface area contributed by atoms with Crippen LogP contribution in [0.2, 0.25) is 0 Å². The van der Waals surface area contributed by atoms with E-state index in [9.17, 15) is 14.3 Å². The summed E-state index contributed by atoms with van der Waals surface area (Å²) in [5.74, 6) is -0.784. The number of aryl methyl sites for hydroxylation is 2. The molecule has 0 bridgehead atoms. The maximum absolute atomic E-state index is 13.4. The molecule has 1 fully saturated rings. The number of carboxylic acids is 1. The molecular formula is C23H25FN2O2. The van der Waals surface area contributed by atoms with Crippen molar-refractivity contribution in [2.45, 2.75) is 40.0 Å². The fourth-order valence-electron chi connectivity index (χ4n) is 4.39. The van der Waals surface area contributed by atoms with E-state index in [0.717, 1.165) is 60.3 Å². The number of nitrogens with zero attached hydrogens (tertiary/aromatic N) is 2. The van der Waals surface area contributed by atoms with Gasteiger partial charge in [0.15, 0.2) is 0 Å². The zero-order valence-electron chi connectivity index (χ0n) is 16.6. The van der Waals surface area contributed by atoms with Crippen LogP contribution >= 0.6 is 0 Å². The topological polar surface area (TPSA) is 44.9 Å². The highest BCUT2D eigenvalue weighted by molar-refractivity contribution is 5.91. The highest BCUT2D eigenvalue weighted by atomic mass is 19.1. The molecule has 0 aromatic heterocycles. The number of hydrogen-bond acceptors (Lipinski definition) is 2. The lowest BCUT2D eigenvalue weighted by Crippen LogP contribution is -2.34. The van der Waals surface area contributed by atoms with Crippen LogP contribution in [0.5, 0.6) is 0 Å². The smallest absolute Gasteiger partial charge is 0.336 e. The van der Waals surface area contributed by atoms with E-state index in [1.54, 1.807) is 6.07 Å². The summed E-state index contributed by atoms with van der Waals surface area (Å²) in [5, 5.41) is 9.54. The molecule has 4 nitrogen and oxygen atoms in total. The predicted molar refractivity (Wildman–Crippen MR) is 109 cm³/mol. The Kier molecular flexibility index (Phi) is 5.69. The van der Waals surface area contributed by atoms with Gasteiger partial charge in [-0.25, -0.2) is 14.0 Å². The number of carbonyl (C=O) groups is 1. The SMILES string of the molecule is [C-]#[N+]c1cc(F)ccc1N1CCC(Cc2c(C)cc(C)c(C(=O)O)c2C)CC1. The van der Waals surface area contributed by atoms with Gasteiger partial charge < -0.3 is 10.0 Å². The molecule has 3 rings (SSSR count). The van der Waals surface area contributed by atoms with Crippen LogP contribution in [0.3, 0.4) is 0 Å². The number of carboxylic acid groups (broad SMARTS) is 1. The van der Waals surface area contributed by atoms with Crippen LogP contribution in [0.15, 0.2) is 24.3 Å². The molecule has 0 spiro atoms. The van der Waals surface area contributed by atoms with E-state index in [2.05, 4.69) is 16.7 Å². The number of aromatic carboxylic acids is 1. The molecule has 1 aliphatic heterocycles. The summed E-state index contributed by atoms with van der Waals surface area (Å²) in [6.07, 6.45) is 2.79. The molecule has 1 heterocycles. The molecular weight excluding hydrogens is 355 g/mol. The largest absolute Gasteiger partial charge is 0.478 e. The molecule has 1 saturated heterocycles. The Morgan fingerprint density at radius 1 is 1.21 bits per heavy atom. The van der Waals surface area contributed by atoms with Crippen molar-refractivity contribution in [3.05, 3.63) is 69.3 Å². The van der Waals surface area contributed by atoms with E-state index in [0.29, 0.717) is 17.2 Å². The lowest BCUT2D eigenvalue weighted by Gasteiger charge is -2.35. The fourth-order valence-corrected chi connectivity index (χ4v) is 4.39. The summed E-state index contributed by atoms with van der Waals surface area (Å²) >= 11 is 0.